The quantitative estimate of drug-likeness (QED) is 0.708. The van der Waals surface area contributed by atoms with Crippen molar-refractivity contribution in [2.24, 2.45) is 5.92 Å². The van der Waals surface area contributed by atoms with Crippen LogP contribution in [0.2, 0.25) is 0 Å². The first-order chi connectivity index (χ1) is 10.7. The molecule has 1 unspecified atom stereocenters. The summed E-state index contributed by atoms with van der Waals surface area (Å²) in [4.78, 5) is 11.2. The van der Waals surface area contributed by atoms with Crippen LogP contribution in [0.1, 0.15) is 26.7 Å². The number of hydrogen-bond donors (Lipinski definition) is 2. The second kappa shape index (κ2) is 8.16. The molecule has 0 bridgehead atoms. The third-order valence-electron chi connectivity index (χ3n) is 3.29. The zero-order valence-electron chi connectivity index (χ0n) is 13.7. The topological polar surface area (TPSA) is 102 Å². The Bertz CT molecular complexity index is 641. The minimum atomic E-state index is -3.98. The van der Waals surface area contributed by atoms with E-state index >= 15 is 0 Å². The zero-order valence-corrected chi connectivity index (χ0v) is 14.5. The second-order valence-corrected chi connectivity index (χ2v) is 7.21. The van der Waals surface area contributed by atoms with Crippen LogP contribution in [0.25, 0.3) is 0 Å². The van der Waals surface area contributed by atoms with E-state index in [0.29, 0.717) is 12.2 Å². The molecule has 0 aromatic heterocycles. The lowest BCUT2D eigenvalue weighted by molar-refractivity contribution is -0.139. The Hall–Kier alpha value is -1.80. The first kappa shape index (κ1) is 19.2. The van der Waals surface area contributed by atoms with E-state index in [1.807, 2.05) is 13.8 Å². The van der Waals surface area contributed by atoms with Gasteiger partial charge in [-0.15, -0.1) is 0 Å². The van der Waals surface area contributed by atoms with Crippen molar-refractivity contribution in [1.29, 1.82) is 0 Å². The summed E-state index contributed by atoms with van der Waals surface area (Å²) < 4.78 is 37.1. The van der Waals surface area contributed by atoms with E-state index in [1.165, 1.54) is 32.4 Å². The zero-order chi connectivity index (χ0) is 17.6. The predicted octanol–water partition coefficient (Wildman–Crippen LogP) is 1.87. The number of hydrogen-bond acceptors (Lipinski definition) is 5. The number of carboxylic acids is 1. The van der Waals surface area contributed by atoms with Gasteiger partial charge < -0.3 is 14.6 Å². The van der Waals surface area contributed by atoms with Crippen molar-refractivity contribution in [1.82, 2.24) is 4.72 Å². The fourth-order valence-electron chi connectivity index (χ4n) is 1.97. The number of ether oxygens (including phenoxy) is 2. The molecule has 0 saturated heterocycles. The van der Waals surface area contributed by atoms with Crippen LogP contribution < -0.4 is 14.2 Å². The maximum Gasteiger partial charge on any atom is 0.321 e. The van der Waals surface area contributed by atoms with E-state index in [0.717, 1.165) is 0 Å². The van der Waals surface area contributed by atoms with Gasteiger partial charge in [-0.1, -0.05) is 13.8 Å². The molecule has 0 aliphatic heterocycles. The van der Waals surface area contributed by atoms with Crippen LogP contribution in [0, 0.1) is 5.92 Å². The Labute approximate surface area is 136 Å². The van der Waals surface area contributed by atoms with Crippen molar-refractivity contribution in [3.05, 3.63) is 18.2 Å². The molecule has 7 nitrogen and oxygen atoms in total. The number of carboxylic acid groups (broad SMARTS) is 1. The molecule has 1 aromatic rings. The van der Waals surface area contributed by atoms with Crippen molar-refractivity contribution < 1.29 is 27.8 Å². The summed E-state index contributed by atoms with van der Waals surface area (Å²) in [5.41, 5.74) is 0. The molecule has 1 atom stereocenters. The van der Waals surface area contributed by atoms with E-state index in [4.69, 9.17) is 9.47 Å². The predicted molar refractivity (Wildman–Crippen MR) is 85.4 cm³/mol. The van der Waals surface area contributed by atoms with Crippen LogP contribution >= 0.6 is 0 Å². The minimum Gasteiger partial charge on any atom is -0.493 e. The molecular weight excluding hydrogens is 322 g/mol. The average molecular weight is 345 g/mol. The summed E-state index contributed by atoms with van der Waals surface area (Å²) in [6, 6.07) is 2.92. The highest BCUT2D eigenvalue weighted by molar-refractivity contribution is 7.89. The van der Waals surface area contributed by atoms with Crippen molar-refractivity contribution in [3.63, 3.8) is 0 Å². The van der Waals surface area contributed by atoms with Gasteiger partial charge >= 0.3 is 5.97 Å². The molecule has 130 valence electrons. The fraction of sp³-hybridized carbons (Fsp3) is 0.533. The molecule has 0 aliphatic carbocycles. The Morgan fingerprint density at radius 3 is 2.26 bits per heavy atom. The number of benzene rings is 1. The third-order valence-corrected chi connectivity index (χ3v) is 4.76. The number of methoxy groups -OCH3 is 2. The van der Waals surface area contributed by atoms with E-state index in [2.05, 4.69) is 4.72 Å². The number of rotatable bonds is 9. The molecule has 8 heteroatoms. The molecule has 0 fully saturated rings. The highest BCUT2D eigenvalue weighted by Gasteiger charge is 2.26. The Balaban J connectivity index is 3.03. The van der Waals surface area contributed by atoms with Gasteiger partial charge in [0.1, 0.15) is 6.04 Å². The first-order valence-corrected chi connectivity index (χ1v) is 8.66. The van der Waals surface area contributed by atoms with Gasteiger partial charge in [-0.25, -0.2) is 8.42 Å². The van der Waals surface area contributed by atoms with Crippen LogP contribution in [-0.2, 0) is 14.8 Å². The van der Waals surface area contributed by atoms with Gasteiger partial charge in [0.2, 0.25) is 10.0 Å². The summed E-state index contributed by atoms with van der Waals surface area (Å²) in [6.07, 6.45) is 0.824. The first-order valence-electron chi connectivity index (χ1n) is 7.18. The maximum absolute atomic E-state index is 12.4. The van der Waals surface area contributed by atoms with E-state index in [9.17, 15) is 18.3 Å². The van der Waals surface area contributed by atoms with Crippen LogP contribution in [0.3, 0.4) is 0 Å². The second-order valence-electron chi connectivity index (χ2n) is 5.50. The van der Waals surface area contributed by atoms with Gasteiger partial charge in [0.15, 0.2) is 11.5 Å². The third kappa shape index (κ3) is 5.40. The van der Waals surface area contributed by atoms with E-state index in [1.54, 1.807) is 0 Å². The standard InChI is InChI=1S/C15H23NO6S/c1-10(2)5-7-12(15(17)18)16-23(19,20)11-6-8-13(21-3)14(9-11)22-4/h6,8-10,12,16H,5,7H2,1-4H3,(H,17,18). The molecular formula is C15H23NO6S. The Kier molecular flexibility index (Phi) is 6.83. The van der Waals surface area contributed by atoms with Crippen LogP contribution in [0.5, 0.6) is 11.5 Å². The van der Waals surface area contributed by atoms with Crippen molar-refractivity contribution in [2.75, 3.05) is 14.2 Å². The summed E-state index contributed by atoms with van der Waals surface area (Å²) in [5, 5.41) is 9.21. The summed E-state index contributed by atoms with van der Waals surface area (Å²) >= 11 is 0. The van der Waals surface area contributed by atoms with Gasteiger partial charge in [-0.05, 0) is 30.9 Å². The minimum absolute atomic E-state index is 0.0778. The Morgan fingerprint density at radius 2 is 1.78 bits per heavy atom. The van der Waals surface area contributed by atoms with Gasteiger partial charge in [-0.2, -0.15) is 4.72 Å². The van der Waals surface area contributed by atoms with Gasteiger partial charge in [0, 0.05) is 6.07 Å². The van der Waals surface area contributed by atoms with Gasteiger partial charge in [-0.3, -0.25) is 4.79 Å². The summed E-state index contributed by atoms with van der Waals surface area (Å²) in [5.74, 6) is -0.275. The van der Waals surface area contributed by atoms with Crippen LogP contribution in [-0.4, -0.2) is 39.8 Å². The number of sulfonamides is 1. The van der Waals surface area contributed by atoms with Gasteiger partial charge in [0.05, 0.1) is 19.1 Å². The number of nitrogens with one attached hydrogen (secondary N) is 1. The smallest absolute Gasteiger partial charge is 0.321 e. The highest BCUT2D eigenvalue weighted by atomic mass is 32.2. The molecule has 23 heavy (non-hydrogen) atoms. The molecule has 0 radical (unpaired) electrons. The lowest BCUT2D eigenvalue weighted by atomic mass is 10.0. The molecule has 0 amide bonds. The monoisotopic (exact) mass is 345 g/mol. The molecule has 0 aliphatic rings. The molecule has 1 aromatic carbocycles. The fourth-order valence-corrected chi connectivity index (χ4v) is 3.21. The van der Waals surface area contributed by atoms with Crippen molar-refractivity contribution in [2.45, 2.75) is 37.6 Å². The molecule has 0 spiro atoms. The lowest BCUT2D eigenvalue weighted by Crippen LogP contribution is -2.40. The Morgan fingerprint density at radius 1 is 1.17 bits per heavy atom. The van der Waals surface area contributed by atoms with Crippen LogP contribution in [0.15, 0.2) is 23.1 Å². The average Bonchev–Trinajstić information content (AvgIpc) is 2.50. The van der Waals surface area contributed by atoms with E-state index in [-0.39, 0.29) is 23.0 Å². The largest absolute Gasteiger partial charge is 0.493 e. The van der Waals surface area contributed by atoms with Crippen molar-refractivity contribution >= 4 is 16.0 Å². The number of carbonyl (C=O) groups is 1. The van der Waals surface area contributed by atoms with E-state index < -0.39 is 22.0 Å². The normalized spacial score (nSPS) is 12.9. The summed E-state index contributed by atoms with van der Waals surface area (Å²) in [6.45, 7) is 3.89. The molecule has 2 N–H and O–H groups in total. The lowest BCUT2D eigenvalue weighted by Gasteiger charge is -2.16. The summed E-state index contributed by atoms with van der Waals surface area (Å²) in [7, 11) is -1.14. The SMILES string of the molecule is COc1ccc(S(=O)(=O)NC(CCC(C)C)C(=O)O)cc1OC. The molecule has 0 saturated carbocycles. The molecule has 0 heterocycles. The number of aliphatic carboxylic acids is 1. The maximum atomic E-state index is 12.4. The van der Waals surface area contributed by atoms with Gasteiger partial charge in [0.25, 0.3) is 0 Å². The highest BCUT2D eigenvalue weighted by Crippen LogP contribution is 2.29. The van der Waals surface area contributed by atoms with Crippen LogP contribution in [0.4, 0.5) is 0 Å². The van der Waals surface area contributed by atoms with Crippen molar-refractivity contribution in [3.8, 4) is 11.5 Å². The molecule has 1 rings (SSSR count).